The quantitative estimate of drug-likeness (QED) is 0.768. The molecule has 2 N–H and O–H groups in total. The van der Waals surface area contributed by atoms with Gasteiger partial charge in [0, 0.05) is 5.92 Å². The number of rotatable bonds is 1. The monoisotopic (exact) mass is 200 g/mol. The number of aromatic nitrogens is 1. The minimum absolute atomic E-state index is 0.295. The van der Waals surface area contributed by atoms with Crippen LogP contribution in [-0.4, -0.2) is 5.16 Å². The highest BCUT2D eigenvalue weighted by Gasteiger charge is 2.27. The summed E-state index contributed by atoms with van der Waals surface area (Å²) in [5.74, 6) is 1.11. The molecule has 0 saturated heterocycles. The van der Waals surface area contributed by atoms with Crippen LogP contribution in [0.3, 0.4) is 0 Å². The fraction of sp³-hybridized carbons (Fsp3) is 0.250. The van der Waals surface area contributed by atoms with Gasteiger partial charge in [0.25, 0.3) is 0 Å². The van der Waals surface area contributed by atoms with Crippen LogP contribution in [0, 0.1) is 0 Å². The van der Waals surface area contributed by atoms with Crippen LogP contribution in [0.15, 0.2) is 35.0 Å². The smallest absolute Gasteiger partial charge is 0.167 e. The molecule has 0 aliphatic heterocycles. The van der Waals surface area contributed by atoms with Crippen molar-refractivity contribution in [2.24, 2.45) is 0 Å². The van der Waals surface area contributed by atoms with E-state index in [1.807, 2.05) is 0 Å². The van der Waals surface area contributed by atoms with Crippen LogP contribution in [0.2, 0.25) is 0 Å². The van der Waals surface area contributed by atoms with E-state index in [9.17, 15) is 0 Å². The van der Waals surface area contributed by atoms with Crippen molar-refractivity contribution >= 4 is 5.69 Å². The molecule has 2 aromatic rings. The van der Waals surface area contributed by atoms with Crippen molar-refractivity contribution in [1.29, 1.82) is 0 Å². The predicted molar refractivity (Wildman–Crippen MR) is 57.5 cm³/mol. The van der Waals surface area contributed by atoms with Crippen LogP contribution in [0.1, 0.15) is 29.2 Å². The maximum Gasteiger partial charge on any atom is 0.167 e. The lowest BCUT2D eigenvalue weighted by atomic mass is 9.98. The normalized spacial score (nSPS) is 19.1. The first kappa shape index (κ1) is 8.53. The summed E-state index contributed by atoms with van der Waals surface area (Å²) in [6, 6.07) is 8.45. The van der Waals surface area contributed by atoms with Crippen molar-refractivity contribution < 1.29 is 4.52 Å². The molecule has 0 bridgehead atoms. The fourth-order valence-corrected chi connectivity index (χ4v) is 2.35. The first-order valence-corrected chi connectivity index (χ1v) is 5.14. The Morgan fingerprint density at radius 2 is 2.20 bits per heavy atom. The lowest BCUT2D eigenvalue weighted by Gasteiger charge is -2.07. The lowest BCUT2D eigenvalue weighted by Crippen LogP contribution is -1.98. The zero-order chi connectivity index (χ0) is 10.3. The third kappa shape index (κ3) is 1.23. The zero-order valence-electron chi connectivity index (χ0n) is 8.31. The Bertz CT molecular complexity index is 490. The summed E-state index contributed by atoms with van der Waals surface area (Å²) in [5.41, 5.74) is 9.22. The summed E-state index contributed by atoms with van der Waals surface area (Å²) < 4.78 is 5.23. The molecule has 1 unspecified atom stereocenters. The second-order valence-electron chi connectivity index (χ2n) is 3.94. The van der Waals surface area contributed by atoms with E-state index in [-0.39, 0.29) is 0 Å². The third-order valence-corrected chi connectivity index (χ3v) is 3.08. The van der Waals surface area contributed by atoms with Gasteiger partial charge < -0.3 is 10.3 Å². The number of fused-ring (bicyclic) bond motifs is 1. The highest BCUT2D eigenvalue weighted by molar-refractivity contribution is 5.48. The highest BCUT2D eigenvalue weighted by Crippen LogP contribution is 2.39. The Balaban J connectivity index is 2.08. The topological polar surface area (TPSA) is 52.0 Å². The Morgan fingerprint density at radius 3 is 3.00 bits per heavy atom. The Kier molecular flexibility index (Phi) is 1.78. The van der Waals surface area contributed by atoms with Crippen LogP contribution in [0.4, 0.5) is 5.69 Å². The predicted octanol–water partition coefficient (Wildman–Crippen LogP) is 2.33. The maximum absolute atomic E-state index is 5.82. The first-order valence-electron chi connectivity index (χ1n) is 5.14. The number of hydrogen-bond donors (Lipinski definition) is 1. The molecule has 1 atom stereocenters. The summed E-state index contributed by atoms with van der Waals surface area (Å²) in [6.07, 6.45) is 3.75. The van der Waals surface area contributed by atoms with Gasteiger partial charge in [0.1, 0.15) is 0 Å². The molecule has 1 aliphatic rings. The molecule has 3 heteroatoms. The number of aryl methyl sites for hydroxylation is 1. The van der Waals surface area contributed by atoms with Gasteiger partial charge in [-0.05, 0) is 24.0 Å². The molecule has 1 aromatic carbocycles. The minimum atomic E-state index is 0.295. The molecule has 3 nitrogen and oxygen atoms in total. The van der Waals surface area contributed by atoms with Crippen molar-refractivity contribution in [2.75, 3.05) is 5.73 Å². The Morgan fingerprint density at radius 1 is 1.33 bits per heavy atom. The van der Waals surface area contributed by atoms with Crippen LogP contribution in [-0.2, 0) is 6.42 Å². The largest absolute Gasteiger partial charge is 0.395 e. The van der Waals surface area contributed by atoms with Gasteiger partial charge in [0.2, 0.25) is 0 Å². The van der Waals surface area contributed by atoms with Gasteiger partial charge in [0.05, 0.1) is 11.9 Å². The SMILES string of the molecule is Nc1cnoc1C1CCc2ccccc21. The maximum atomic E-state index is 5.82. The molecule has 0 saturated carbocycles. The van der Waals surface area contributed by atoms with E-state index in [4.69, 9.17) is 10.3 Å². The Hall–Kier alpha value is -1.77. The van der Waals surface area contributed by atoms with Crippen molar-refractivity contribution in [3.63, 3.8) is 0 Å². The number of nitrogens with zero attached hydrogens (tertiary/aromatic N) is 1. The van der Waals surface area contributed by atoms with E-state index >= 15 is 0 Å². The standard InChI is InChI=1S/C12H12N2O/c13-11-7-14-15-12(11)10-6-5-8-3-1-2-4-9(8)10/h1-4,7,10H,5-6,13H2. The van der Waals surface area contributed by atoms with Gasteiger partial charge in [-0.2, -0.15) is 0 Å². The van der Waals surface area contributed by atoms with Gasteiger partial charge in [-0.15, -0.1) is 0 Å². The third-order valence-electron chi connectivity index (χ3n) is 3.08. The van der Waals surface area contributed by atoms with Crippen LogP contribution < -0.4 is 5.73 Å². The second kappa shape index (κ2) is 3.12. The molecule has 0 fully saturated rings. The van der Waals surface area contributed by atoms with Crippen LogP contribution in [0.25, 0.3) is 0 Å². The molecule has 0 amide bonds. The van der Waals surface area contributed by atoms with Crippen molar-refractivity contribution in [3.05, 3.63) is 47.3 Å². The van der Waals surface area contributed by atoms with Gasteiger partial charge in [-0.3, -0.25) is 0 Å². The summed E-state index contributed by atoms with van der Waals surface area (Å²) in [5, 5.41) is 3.74. The van der Waals surface area contributed by atoms with Gasteiger partial charge in [0.15, 0.2) is 5.76 Å². The molecule has 3 rings (SSSR count). The van der Waals surface area contributed by atoms with Crippen molar-refractivity contribution in [1.82, 2.24) is 5.16 Å². The number of anilines is 1. The average Bonchev–Trinajstić information content (AvgIpc) is 2.83. The minimum Gasteiger partial charge on any atom is -0.395 e. The van der Waals surface area contributed by atoms with E-state index in [0.717, 1.165) is 18.6 Å². The number of nitrogen functional groups attached to an aromatic ring is 1. The Labute approximate surface area is 87.9 Å². The highest BCUT2D eigenvalue weighted by atomic mass is 16.5. The summed E-state index contributed by atoms with van der Waals surface area (Å²) in [7, 11) is 0. The fourth-order valence-electron chi connectivity index (χ4n) is 2.35. The van der Waals surface area contributed by atoms with Crippen LogP contribution in [0.5, 0.6) is 0 Å². The van der Waals surface area contributed by atoms with Crippen molar-refractivity contribution in [3.8, 4) is 0 Å². The van der Waals surface area contributed by atoms with E-state index in [2.05, 4.69) is 29.4 Å². The molecule has 1 aliphatic carbocycles. The zero-order valence-corrected chi connectivity index (χ0v) is 8.31. The van der Waals surface area contributed by atoms with Gasteiger partial charge >= 0.3 is 0 Å². The lowest BCUT2D eigenvalue weighted by molar-refractivity contribution is 0.371. The summed E-state index contributed by atoms with van der Waals surface area (Å²) >= 11 is 0. The first-order chi connectivity index (χ1) is 7.36. The molecule has 1 heterocycles. The van der Waals surface area contributed by atoms with Crippen molar-refractivity contribution in [2.45, 2.75) is 18.8 Å². The molecule has 15 heavy (non-hydrogen) atoms. The van der Waals surface area contributed by atoms with Gasteiger partial charge in [-0.25, -0.2) is 0 Å². The number of hydrogen-bond acceptors (Lipinski definition) is 3. The molecular formula is C12H12N2O. The number of benzene rings is 1. The van der Waals surface area contributed by atoms with Gasteiger partial charge in [-0.1, -0.05) is 29.4 Å². The average molecular weight is 200 g/mol. The van der Waals surface area contributed by atoms with E-state index in [0.29, 0.717) is 11.6 Å². The molecule has 1 aromatic heterocycles. The molecule has 0 radical (unpaired) electrons. The summed E-state index contributed by atoms with van der Waals surface area (Å²) in [4.78, 5) is 0. The van der Waals surface area contributed by atoms with Crippen LogP contribution >= 0.6 is 0 Å². The number of nitrogens with two attached hydrogens (primary N) is 1. The second-order valence-corrected chi connectivity index (χ2v) is 3.94. The molecular weight excluding hydrogens is 188 g/mol. The van der Waals surface area contributed by atoms with E-state index in [1.165, 1.54) is 11.1 Å². The van der Waals surface area contributed by atoms with E-state index in [1.54, 1.807) is 6.20 Å². The van der Waals surface area contributed by atoms with E-state index < -0.39 is 0 Å². The molecule has 76 valence electrons. The molecule has 0 spiro atoms. The summed E-state index contributed by atoms with van der Waals surface area (Å²) in [6.45, 7) is 0.